The molecule has 0 saturated carbocycles. The highest BCUT2D eigenvalue weighted by atomic mass is 16.6. The molecule has 122 valence electrons. The quantitative estimate of drug-likeness (QED) is 0.342. The molecule has 2 rings (SSSR count). The Labute approximate surface area is 140 Å². The van der Waals surface area contributed by atoms with Gasteiger partial charge in [0.05, 0.1) is 10.5 Å². The van der Waals surface area contributed by atoms with E-state index in [9.17, 15) is 14.9 Å². The van der Waals surface area contributed by atoms with Crippen LogP contribution in [0, 0.1) is 10.1 Å². The molecule has 0 fully saturated rings. The van der Waals surface area contributed by atoms with E-state index in [1.165, 1.54) is 12.1 Å². The molecule has 0 radical (unpaired) electrons. The van der Waals surface area contributed by atoms with E-state index in [0.29, 0.717) is 11.1 Å². The minimum atomic E-state index is -0.480. The molecule has 0 aliphatic carbocycles. The highest BCUT2D eigenvalue weighted by Crippen LogP contribution is 2.15. The first-order chi connectivity index (χ1) is 11.5. The SMILES string of the molecule is C=C(/C=C\c1ccc([N+](=O)[O-])cc1)C(C)OC(=O)c1ccccc1. The van der Waals surface area contributed by atoms with Crippen LogP contribution in [-0.4, -0.2) is 17.0 Å². The highest BCUT2D eigenvalue weighted by Gasteiger charge is 2.12. The largest absolute Gasteiger partial charge is 0.454 e. The van der Waals surface area contributed by atoms with Gasteiger partial charge in [-0.25, -0.2) is 4.79 Å². The molecule has 24 heavy (non-hydrogen) atoms. The Morgan fingerprint density at radius 3 is 2.38 bits per heavy atom. The number of non-ortho nitro benzene ring substituents is 1. The lowest BCUT2D eigenvalue weighted by atomic mass is 10.1. The molecule has 0 bridgehead atoms. The predicted molar refractivity (Wildman–Crippen MR) is 92.6 cm³/mol. The number of esters is 1. The molecular weight excluding hydrogens is 306 g/mol. The van der Waals surface area contributed by atoms with Crippen molar-refractivity contribution in [2.75, 3.05) is 0 Å². The maximum atomic E-state index is 12.0. The number of nitrogens with zero attached hydrogens (tertiary/aromatic N) is 1. The Kier molecular flexibility index (Phi) is 5.63. The second-order valence-corrected chi connectivity index (χ2v) is 5.17. The molecule has 0 N–H and O–H groups in total. The first-order valence-corrected chi connectivity index (χ1v) is 7.35. The lowest BCUT2D eigenvalue weighted by Gasteiger charge is -2.13. The first kappa shape index (κ1) is 17.1. The number of rotatable bonds is 6. The number of hydrogen-bond donors (Lipinski definition) is 0. The standard InChI is InChI=1S/C19H17NO4/c1-14(8-9-16-10-12-18(13-11-16)20(22)23)15(2)24-19(21)17-6-4-3-5-7-17/h3-13,15H,1H2,2H3/b9-8-. The normalized spacial score (nSPS) is 11.9. The summed E-state index contributed by atoms with van der Waals surface area (Å²) >= 11 is 0. The monoisotopic (exact) mass is 323 g/mol. The minimum absolute atomic E-state index is 0.0381. The predicted octanol–water partition coefficient (Wildman–Crippen LogP) is 4.41. The summed E-state index contributed by atoms with van der Waals surface area (Å²) in [7, 11) is 0. The summed E-state index contributed by atoms with van der Waals surface area (Å²) in [6, 6.07) is 14.9. The van der Waals surface area contributed by atoms with Gasteiger partial charge < -0.3 is 4.74 Å². The Morgan fingerprint density at radius 2 is 1.79 bits per heavy atom. The number of nitro groups is 1. The zero-order valence-corrected chi connectivity index (χ0v) is 13.2. The third-order valence-corrected chi connectivity index (χ3v) is 3.41. The van der Waals surface area contributed by atoms with Crippen LogP contribution in [0.2, 0.25) is 0 Å². The van der Waals surface area contributed by atoms with Gasteiger partial charge in [0.2, 0.25) is 0 Å². The number of carbonyl (C=O) groups is 1. The Bertz CT molecular complexity index is 764. The Morgan fingerprint density at radius 1 is 1.17 bits per heavy atom. The number of hydrogen-bond acceptors (Lipinski definition) is 4. The maximum absolute atomic E-state index is 12.0. The minimum Gasteiger partial charge on any atom is -0.454 e. The van der Waals surface area contributed by atoms with Gasteiger partial charge in [-0.1, -0.05) is 36.9 Å². The van der Waals surface area contributed by atoms with Crippen LogP contribution in [0.15, 0.2) is 72.8 Å². The molecule has 0 aromatic heterocycles. The topological polar surface area (TPSA) is 69.4 Å². The molecule has 5 heteroatoms. The molecule has 2 aromatic rings. The maximum Gasteiger partial charge on any atom is 0.338 e. The van der Waals surface area contributed by atoms with Crippen molar-refractivity contribution in [1.29, 1.82) is 0 Å². The fraction of sp³-hybridized carbons (Fsp3) is 0.105. The molecular formula is C19H17NO4. The fourth-order valence-electron chi connectivity index (χ4n) is 1.92. The van der Waals surface area contributed by atoms with Crippen molar-refractivity contribution in [3.63, 3.8) is 0 Å². The summed E-state index contributed by atoms with van der Waals surface area (Å²) in [6.45, 7) is 5.63. The van der Waals surface area contributed by atoms with E-state index in [-0.39, 0.29) is 5.69 Å². The van der Waals surface area contributed by atoms with E-state index in [1.54, 1.807) is 55.5 Å². The van der Waals surface area contributed by atoms with Crippen LogP contribution in [0.4, 0.5) is 5.69 Å². The van der Waals surface area contributed by atoms with Gasteiger partial charge in [-0.2, -0.15) is 0 Å². The number of ether oxygens (including phenoxy) is 1. The average molecular weight is 323 g/mol. The van der Waals surface area contributed by atoms with Crippen molar-refractivity contribution in [3.8, 4) is 0 Å². The zero-order valence-electron chi connectivity index (χ0n) is 13.2. The van der Waals surface area contributed by atoms with Crippen LogP contribution in [0.5, 0.6) is 0 Å². The van der Waals surface area contributed by atoms with Gasteiger partial charge in [-0.3, -0.25) is 10.1 Å². The van der Waals surface area contributed by atoms with Crippen molar-refractivity contribution in [2.24, 2.45) is 0 Å². The highest BCUT2D eigenvalue weighted by molar-refractivity contribution is 5.89. The molecule has 0 amide bonds. The summed E-state index contributed by atoms with van der Waals surface area (Å²) < 4.78 is 5.36. The van der Waals surface area contributed by atoms with Gasteiger partial charge in [0, 0.05) is 12.1 Å². The summed E-state index contributed by atoms with van der Waals surface area (Å²) in [5.74, 6) is -0.409. The van der Waals surface area contributed by atoms with Crippen molar-refractivity contribution >= 4 is 17.7 Å². The van der Waals surface area contributed by atoms with Gasteiger partial charge in [-0.15, -0.1) is 0 Å². The van der Waals surface area contributed by atoms with E-state index < -0.39 is 17.0 Å². The lowest BCUT2D eigenvalue weighted by molar-refractivity contribution is -0.384. The summed E-state index contributed by atoms with van der Waals surface area (Å²) in [6.07, 6.45) is 3.01. The van der Waals surface area contributed by atoms with Crippen molar-refractivity contribution < 1.29 is 14.5 Å². The van der Waals surface area contributed by atoms with Crippen molar-refractivity contribution in [3.05, 3.63) is 94.1 Å². The lowest BCUT2D eigenvalue weighted by Crippen LogP contribution is -2.16. The van der Waals surface area contributed by atoms with E-state index in [4.69, 9.17) is 4.74 Å². The number of carbonyl (C=O) groups excluding carboxylic acids is 1. The molecule has 0 aliphatic heterocycles. The van der Waals surface area contributed by atoms with Crippen LogP contribution >= 0.6 is 0 Å². The molecule has 2 aromatic carbocycles. The van der Waals surface area contributed by atoms with Crippen LogP contribution in [-0.2, 0) is 4.74 Å². The van der Waals surface area contributed by atoms with E-state index in [0.717, 1.165) is 5.56 Å². The number of benzene rings is 2. The molecule has 0 spiro atoms. The van der Waals surface area contributed by atoms with Crippen molar-refractivity contribution in [2.45, 2.75) is 13.0 Å². The van der Waals surface area contributed by atoms with Crippen LogP contribution < -0.4 is 0 Å². The molecule has 0 heterocycles. The van der Waals surface area contributed by atoms with Gasteiger partial charge in [-0.05, 0) is 42.3 Å². The molecule has 0 saturated heterocycles. The van der Waals surface area contributed by atoms with E-state index in [2.05, 4.69) is 6.58 Å². The van der Waals surface area contributed by atoms with E-state index in [1.807, 2.05) is 6.07 Å². The molecule has 0 aliphatic rings. The third-order valence-electron chi connectivity index (χ3n) is 3.41. The molecule has 5 nitrogen and oxygen atoms in total. The summed E-state index contributed by atoms with van der Waals surface area (Å²) in [5, 5.41) is 10.6. The van der Waals surface area contributed by atoms with Gasteiger partial charge in [0.15, 0.2) is 0 Å². The second kappa shape index (κ2) is 7.87. The summed E-state index contributed by atoms with van der Waals surface area (Å²) in [4.78, 5) is 22.1. The van der Waals surface area contributed by atoms with Crippen LogP contribution in [0.3, 0.4) is 0 Å². The van der Waals surface area contributed by atoms with Gasteiger partial charge in [0.25, 0.3) is 5.69 Å². The zero-order chi connectivity index (χ0) is 17.5. The van der Waals surface area contributed by atoms with E-state index >= 15 is 0 Å². The van der Waals surface area contributed by atoms with Gasteiger partial charge in [0.1, 0.15) is 6.10 Å². The average Bonchev–Trinajstić information content (AvgIpc) is 2.60. The first-order valence-electron chi connectivity index (χ1n) is 7.35. The van der Waals surface area contributed by atoms with Gasteiger partial charge >= 0.3 is 5.97 Å². The number of nitro benzene ring substituents is 1. The Hall–Kier alpha value is -3.21. The molecule has 1 atom stereocenters. The summed E-state index contributed by atoms with van der Waals surface area (Å²) in [5.41, 5.74) is 1.94. The van der Waals surface area contributed by atoms with Crippen molar-refractivity contribution in [1.82, 2.24) is 0 Å². The second-order valence-electron chi connectivity index (χ2n) is 5.17. The third kappa shape index (κ3) is 4.64. The fourth-order valence-corrected chi connectivity index (χ4v) is 1.92. The Balaban J connectivity index is 1.95. The van der Waals surface area contributed by atoms with Crippen LogP contribution in [0.25, 0.3) is 6.08 Å². The van der Waals surface area contributed by atoms with Crippen LogP contribution in [0.1, 0.15) is 22.8 Å². The molecule has 1 unspecified atom stereocenters. The smallest absolute Gasteiger partial charge is 0.338 e.